The van der Waals surface area contributed by atoms with Gasteiger partial charge in [0, 0.05) is 12.5 Å². The summed E-state index contributed by atoms with van der Waals surface area (Å²) in [6, 6.07) is 7.01. The molecular formula is C26H25ClFN7O3. The van der Waals surface area contributed by atoms with Crippen molar-refractivity contribution in [2.45, 2.75) is 44.6 Å². The number of hydrogen-bond donors (Lipinski definition) is 3. The minimum atomic E-state index is -1.35. The van der Waals surface area contributed by atoms with E-state index < -0.39 is 23.4 Å². The quantitative estimate of drug-likeness (QED) is 0.335. The van der Waals surface area contributed by atoms with E-state index in [2.05, 4.69) is 36.5 Å². The Labute approximate surface area is 221 Å². The summed E-state index contributed by atoms with van der Waals surface area (Å²) in [4.78, 5) is 39.4. The molecule has 2 aliphatic rings. The molecule has 12 heteroatoms. The van der Waals surface area contributed by atoms with E-state index in [1.54, 1.807) is 12.4 Å². The maximum absolute atomic E-state index is 15.2. The van der Waals surface area contributed by atoms with E-state index in [0.717, 1.165) is 28.6 Å². The first-order valence-electron chi connectivity index (χ1n) is 12.4. The van der Waals surface area contributed by atoms with Gasteiger partial charge < -0.3 is 14.6 Å². The van der Waals surface area contributed by atoms with Crippen molar-refractivity contribution < 1.29 is 18.7 Å². The number of benzene rings is 2. The number of anilines is 1. The summed E-state index contributed by atoms with van der Waals surface area (Å²) >= 11 is 6.06. The molecule has 1 spiro atoms. The average Bonchev–Trinajstić information content (AvgIpc) is 3.57. The molecule has 2 aliphatic heterocycles. The van der Waals surface area contributed by atoms with Gasteiger partial charge in [0.15, 0.2) is 17.2 Å². The van der Waals surface area contributed by atoms with Gasteiger partial charge in [-0.25, -0.2) is 19.2 Å². The van der Waals surface area contributed by atoms with Crippen molar-refractivity contribution >= 4 is 40.3 Å². The summed E-state index contributed by atoms with van der Waals surface area (Å²) in [6.45, 7) is 4.39. The van der Waals surface area contributed by atoms with Crippen LogP contribution >= 0.6 is 11.6 Å². The molecule has 1 saturated heterocycles. The second kappa shape index (κ2) is 9.09. The monoisotopic (exact) mass is 537 g/mol. The molecule has 0 radical (unpaired) electrons. The van der Waals surface area contributed by atoms with Gasteiger partial charge in [0.25, 0.3) is 5.91 Å². The predicted octanol–water partition coefficient (Wildman–Crippen LogP) is 5.02. The van der Waals surface area contributed by atoms with E-state index in [9.17, 15) is 9.59 Å². The number of aromatic nitrogens is 5. The molecule has 0 aliphatic carbocycles. The van der Waals surface area contributed by atoms with Gasteiger partial charge in [-0.15, -0.1) is 0 Å². The van der Waals surface area contributed by atoms with Crippen LogP contribution in [0.5, 0.6) is 0 Å². The number of H-pyrrole nitrogens is 2. The van der Waals surface area contributed by atoms with E-state index in [1.807, 2.05) is 19.9 Å². The van der Waals surface area contributed by atoms with Crippen molar-refractivity contribution in [1.29, 1.82) is 0 Å². The number of carbonyl (C=O) groups is 2. The highest BCUT2D eigenvalue weighted by Crippen LogP contribution is 2.45. The van der Waals surface area contributed by atoms with Crippen LogP contribution in [0.2, 0.25) is 5.02 Å². The van der Waals surface area contributed by atoms with Gasteiger partial charge in [0.2, 0.25) is 5.82 Å². The highest BCUT2D eigenvalue weighted by atomic mass is 35.5. The number of nitrogens with one attached hydrogen (secondary N) is 3. The molecule has 0 saturated carbocycles. The van der Waals surface area contributed by atoms with Gasteiger partial charge in [0.05, 0.1) is 40.2 Å². The molecule has 1 fully saturated rings. The predicted molar refractivity (Wildman–Crippen MR) is 138 cm³/mol. The van der Waals surface area contributed by atoms with Crippen LogP contribution in [-0.2, 0) is 10.3 Å². The number of aromatic amines is 2. The molecule has 2 aromatic carbocycles. The van der Waals surface area contributed by atoms with Gasteiger partial charge in [-0.1, -0.05) is 24.6 Å². The summed E-state index contributed by atoms with van der Waals surface area (Å²) in [6.07, 6.45) is 2.52. The zero-order chi connectivity index (χ0) is 26.6. The summed E-state index contributed by atoms with van der Waals surface area (Å²) in [5, 5.41) is 9.60. The van der Waals surface area contributed by atoms with Crippen molar-refractivity contribution in [3.8, 4) is 0 Å². The van der Waals surface area contributed by atoms with Crippen LogP contribution in [0.15, 0.2) is 30.6 Å². The lowest BCUT2D eigenvalue weighted by atomic mass is 9.83. The normalized spacial score (nSPS) is 19.8. The number of halogens is 2. The Morgan fingerprint density at radius 1 is 1.34 bits per heavy atom. The molecule has 2 atom stereocenters. The molecular weight excluding hydrogens is 513 g/mol. The lowest BCUT2D eigenvalue weighted by Crippen LogP contribution is -2.53. The van der Waals surface area contributed by atoms with Crippen LogP contribution in [0, 0.1) is 12.7 Å². The number of hydrogen-bond acceptors (Lipinski definition) is 6. The summed E-state index contributed by atoms with van der Waals surface area (Å²) in [7, 11) is 0. The minimum Gasteiger partial charge on any atom is -0.436 e. The first-order chi connectivity index (χ1) is 18.3. The van der Waals surface area contributed by atoms with Crippen molar-refractivity contribution in [2.24, 2.45) is 0 Å². The summed E-state index contributed by atoms with van der Waals surface area (Å²) in [5.74, 6) is -0.647. The molecule has 38 heavy (non-hydrogen) atoms. The Balaban J connectivity index is 1.29. The van der Waals surface area contributed by atoms with Crippen molar-refractivity contribution in [3.05, 3.63) is 69.8 Å². The van der Waals surface area contributed by atoms with Gasteiger partial charge in [-0.2, -0.15) is 5.10 Å². The number of aryl methyl sites for hydroxylation is 1. The number of rotatable bonds is 4. The summed E-state index contributed by atoms with van der Waals surface area (Å²) in [5.41, 5.74) is 2.96. The Morgan fingerprint density at radius 2 is 2.18 bits per heavy atom. The zero-order valence-electron chi connectivity index (χ0n) is 20.8. The number of carbonyl (C=O) groups excluding carboxylic acids is 2. The molecule has 4 aromatic rings. The standard InChI is InChI=1S/C26H25ClFN7O3/c1-3-15(14-9-13(2)21-18(10-14)29-12-30-21)22-32-23(34-33-22)24(36)35-8-4-7-26(11-35)19-17(31-25(37)38-26)6-5-16(27)20(19)28/h5-6,9-10,12,15H,3-4,7-8,11H2,1-2H3,(H,29,30)(H,31,37)(H,32,33,34)/t15-,26+/m1/s1. The number of piperidine rings is 1. The third-order valence-corrected chi connectivity index (χ3v) is 7.67. The first-order valence-corrected chi connectivity index (χ1v) is 12.8. The third-order valence-electron chi connectivity index (χ3n) is 7.38. The molecule has 10 nitrogen and oxygen atoms in total. The van der Waals surface area contributed by atoms with Crippen molar-refractivity contribution in [2.75, 3.05) is 18.4 Å². The number of likely N-dealkylation sites (tertiary alicyclic amines) is 1. The fourth-order valence-corrected chi connectivity index (χ4v) is 5.80. The van der Waals surface area contributed by atoms with Crippen molar-refractivity contribution in [1.82, 2.24) is 30.0 Å². The van der Waals surface area contributed by atoms with Crippen LogP contribution < -0.4 is 5.32 Å². The van der Waals surface area contributed by atoms with Crippen LogP contribution in [0.4, 0.5) is 14.9 Å². The van der Waals surface area contributed by atoms with Gasteiger partial charge in [-0.3, -0.25) is 15.2 Å². The lowest BCUT2D eigenvalue weighted by molar-refractivity contribution is -0.0420. The highest BCUT2D eigenvalue weighted by Gasteiger charge is 2.49. The zero-order valence-corrected chi connectivity index (χ0v) is 21.5. The fourth-order valence-electron chi connectivity index (χ4n) is 5.65. The minimum absolute atomic E-state index is 0.0353. The van der Waals surface area contributed by atoms with E-state index in [4.69, 9.17) is 16.3 Å². The Hall–Kier alpha value is -3.99. The van der Waals surface area contributed by atoms with Crippen LogP contribution in [-0.4, -0.2) is 55.1 Å². The highest BCUT2D eigenvalue weighted by molar-refractivity contribution is 6.31. The maximum Gasteiger partial charge on any atom is 0.412 e. The summed E-state index contributed by atoms with van der Waals surface area (Å²) < 4.78 is 20.8. The molecule has 2 amide bonds. The number of ether oxygens (including phenoxy) is 1. The van der Waals surface area contributed by atoms with Gasteiger partial charge >= 0.3 is 6.09 Å². The van der Waals surface area contributed by atoms with Crippen LogP contribution in [0.3, 0.4) is 0 Å². The average molecular weight is 538 g/mol. The Kier molecular flexibility index (Phi) is 5.82. The fraction of sp³-hybridized carbons (Fsp3) is 0.346. The lowest BCUT2D eigenvalue weighted by Gasteiger charge is -2.44. The molecule has 4 heterocycles. The van der Waals surface area contributed by atoms with Crippen LogP contribution in [0.25, 0.3) is 11.0 Å². The van der Waals surface area contributed by atoms with E-state index in [1.165, 1.54) is 11.0 Å². The van der Waals surface area contributed by atoms with Crippen LogP contribution in [0.1, 0.15) is 65.2 Å². The molecule has 6 rings (SSSR count). The van der Waals surface area contributed by atoms with E-state index in [-0.39, 0.29) is 34.6 Å². The van der Waals surface area contributed by atoms with Crippen molar-refractivity contribution in [3.63, 3.8) is 0 Å². The second-order valence-electron chi connectivity index (χ2n) is 9.76. The molecule has 3 N–H and O–H groups in total. The smallest absolute Gasteiger partial charge is 0.412 e. The second-order valence-corrected chi connectivity index (χ2v) is 10.2. The van der Waals surface area contributed by atoms with E-state index in [0.29, 0.717) is 25.2 Å². The van der Waals surface area contributed by atoms with Gasteiger partial charge in [-0.05, 0) is 55.5 Å². The third kappa shape index (κ3) is 3.89. The number of amides is 2. The Bertz CT molecular complexity index is 1580. The SMILES string of the molecule is CC[C@H](c1cc(C)c2nc[nH]c2c1)c1n[nH]c(C(=O)N2CCC[C@@]3(C2)OC(=O)Nc2ccc(Cl)c(F)c23)n1. The topological polar surface area (TPSA) is 129 Å². The number of imidazole rings is 1. The molecule has 0 unspecified atom stereocenters. The largest absolute Gasteiger partial charge is 0.436 e. The number of nitrogens with zero attached hydrogens (tertiary/aromatic N) is 4. The first kappa shape index (κ1) is 24.4. The Morgan fingerprint density at radius 3 is 3.00 bits per heavy atom. The molecule has 0 bridgehead atoms. The van der Waals surface area contributed by atoms with Gasteiger partial charge in [0.1, 0.15) is 0 Å². The maximum atomic E-state index is 15.2. The van der Waals surface area contributed by atoms with E-state index >= 15 is 4.39 Å². The molecule has 196 valence electrons. The number of fused-ring (bicyclic) bond motifs is 3. The molecule has 2 aromatic heterocycles.